The molecule has 0 unspecified atom stereocenters. The summed E-state index contributed by atoms with van der Waals surface area (Å²) in [5.41, 5.74) is 2.11. The second-order valence-corrected chi connectivity index (χ2v) is 7.35. The quantitative estimate of drug-likeness (QED) is 0.515. The van der Waals surface area contributed by atoms with Crippen molar-refractivity contribution >= 4 is 23.6 Å². The molecule has 0 saturated heterocycles. The molecular formula is C19H23ClFN5O4. The largest absolute Gasteiger partial charge is 0.426 e. The highest BCUT2D eigenvalue weighted by Gasteiger charge is 2.23. The van der Waals surface area contributed by atoms with E-state index in [0.29, 0.717) is 36.7 Å². The maximum atomic E-state index is 13.3. The van der Waals surface area contributed by atoms with Crippen LogP contribution in [0.5, 0.6) is 0 Å². The van der Waals surface area contributed by atoms with Crippen LogP contribution in [0.2, 0.25) is 5.02 Å². The third kappa shape index (κ3) is 5.76. The van der Waals surface area contributed by atoms with Crippen molar-refractivity contribution in [3.05, 3.63) is 52.1 Å². The van der Waals surface area contributed by atoms with Crippen LogP contribution in [-0.4, -0.2) is 57.1 Å². The molecule has 2 heterocycles. The van der Waals surface area contributed by atoms with Crippen molar-refractivity contribution in [1.82, 2.24) is 20.3 Å². The van der Waals surface area contributed by atoms with E-state index in [4.69, 9.17) is 16.4 Å². The zero-order valence-electron chi connectivity index (χ0n) is 16.3. The maximum absolute atomic E-state index is 13.3. The highest BCUT2D eigenvalue weighted by atomic mass is 35.5. The Kier molecular flexibility index (Phi) is 7.38. The fourth-order valence-corrected chi connectivity index (χ4v) is 3.12. The van der Waals surface area contributed by atoms with Gasteiger partial charge in [-0.1, -0.05) is 17.7 Å². The van der Waals surface area contributed by atoms with Gasteiger partial charge in [0.15, 0.2) is 0 Å². The normalized spacial score (nSPS) is 15.8. The number of nitrogens with zero attached hydrogens (tertiary/aromatic N) is 3. The van der Waals surface area contributed by atoms with E-state index in [1.165, 1.54) is 17.2 Å². The summed E-state index contributed by atoms with van der Waals surface area (Å²) in [6.45, 7) is 2.28. The van der Waals surface area contributed by atoms with Gasteiger partial charge in [0, 0.05) is 19.3 Å². The molecule has 0 saturated carbocycles. The van der Waals surface area contributed by atoms with Gasteiger partial charge in [-0.3, -0.25) is 0 Å². The van der Waals surface area contributed by atoms with Crippen molar-refractivity contribution in [2.45, 2.75) is 32.0 Å². The van der Waals surface area contributed by atoms with Gasteiger partial charge >= 0.3 is 6.09 Å². The number of aromatic nitrogens is 2. The number of rotatable bonds is 7. The number of aliphatic hydroxyl groups excluding tert-OH is 2. The number of carbonyl (C=O) groups excluding carboxylic acids is 1. The first-order valence-electron chi connectivity index (χ1n) is 9.41. The number of halogens is 2. The summed E-state index contributed by atoms with van der Waals surface area (Å²) in [5.74, 6) is -0.203. The maximum Gasteiger partial charge on any atom is 0.426 e. The number of hydrogen-bond donors (Lipinski definition) is 4. The molecule has 162 valence electrons. The van der Waals surface area contributed by atoms with Crippen LogP contribution in [0.25, 0.3) is 0 Å². The number of fused-ring (bicyclic) bond motifs is 1. The predicted molar refractivity (Wildman–Crippen MR) is 107 cm³/mol. The molecule has 2 aromatic rings. The molecule has 0 spiro atoms. The van der Waals surface area contributed by atoms with Gasteiger partial charge in [0.2, 0.25) is 5.95 Å². The van der Waals surface area contributed by atoms with Crippen LogP contribution < -0.4 is 10.6 Å². The molecule has 11 heteroatoms. The average Bonchev–Trinajstić information content (AvgIpc) is 2.72. The summed E-state index contributed by atoms with van der Waals surface area (Å²) in [5, 5.41) is 25.8. The number of anilines is 1. The monoisotopic (exact) mass is 439 g/mol. The summed E-state index contributed by atoms with van der Waals surface area (Å²) < 4.78 is 13.3. The predicted octanol–water partition coefficient (Wildman–Crippen LogP) is 1.79. The number of aliphatic hydroxyl groups is 2. The second kappa shape index (κ2) is 9.98. The molecule has 1 aromatic carbocycles. The molecule has 0 radical (unpaired) electrons. The van der Waals surface area contributed by atoms with E-state index < -0.39 is 30.7 Å². The Hall–Kier alpha value is -2.53. The highest BCUT2D eigenvalue weighted by Crippen LogP contribution is 2.22. The van der Waals surface area contributed by atoms with Crippen molar-refractivity contribution in [1.29, 1.82) is 0 Å². The van der Waals surface area contributed by atoms with E-state index >= 15 is 0 Å². The van der Waals surface area contributed by atoms with Gasteiger partial charge < -0.3 is 25.7 Å². The molecule has 30 heavy (non-hydrogen) atoms. The summed E-state index contributed by atoms with van der Waals surface area (Å²) in [6.07, 6.45) is 1.00. The number of carbonyl (C=O) groups is 1. The molecule has 0 aliphatic carbocycles. The number of hydroxylamine groups is 2. The van der Waals surface area contributed by atoms with Crippen LogP contribution in [0.15, 0.2) is 24.4 Å². The van der Waals surface area contributed by atoms with Gasteiger partial charge in [0.25, 0.3) is 0 Å². The van der Waals surface area contributed by atoms with Gasteiger partial charge in [-0.2, -0.15) is 0 Å². The fourth-order valence-electron chi connectivity index (χ4n) is 2.93. The molecule has 1 aliphatic rings. The third-order valence-electron chi connectivity index (χ3n) is 4.50. The minimum absolute atomic E-state index is 0.103. The van der Waals surface area contributed by atoms with Crippen molar-refractivity contribution in [3.8, 4) is 0 Å². The van der Waals surface area contributed by atoms with Gasteiger partial charge in [0.05, 0.1) is 36.0 Å². The molecule has 2 atom stereocenters. The third-order valence-corrected chi connectivity index (χ3v) is 4.79. The fraction of sp³-hybridized carbons (Fsp3) is 0.421. The minimum Gasteiger partial charge on any atom is -0.394 e. The lowest BCUT2D eigenvalue weighted by Gasteiger charge is -2.27. The molecular weight excluding hydrogens is 417 g/mol. The van der Waals surface area contributed by atoms with Crippen LogP contribution in [0.1, 0.15) is 29.8 Å². The van der Waals surface area contributed by atoms with Gasteiger partial charge in [-0.05, 0) is 36.6 Å². The number of nitrogens with one attached hydrogen (secondary N) is 2. The van der Waals surface area contributed by atoms with E-state index in [1.54, 1.807) is 13.1 Å². The Morgan fingerprint density at radius 3 is 2.97 bits per heavy atom. The van der Waals surface area contributed by atoms with Crippen LogP contribution in [0.3, 0.4) is 0 Å². The smallest absolute Gasteiger partial charge is 0.394 e. The Balaban J connectivity index is 1.59. The SMILES string of the molecule is C[C@H](O)CNc1ncc2c(n1)CN(OC(=O)N[C@H](CO)c1ccc(F)c(Cl)c1)CC2. The molecule has 4 N–H and O–H groups in total. The molecule has 1 aliphatic heterocycles. The Morgan fingerprint density at radius 2 is 2.27 bits per heavy atom. The van der Waals surface area contributed by atoms with E-state index in [2.05, 4.69) is 20.6 Å². The Morgan fingerprint density at radius 1 is 1.47 bits per heavy atom. The molecule has 0 bridgehead atoms. The first kappa shape index (κ1) is 22.2. The van der Waals surface area contributed by atoms with Gasteiger partial charge in [-0.25, -0.2) is 19.2 Å². The zero-order chi connectivity index (χ0) is 21.7. The van der Waals surface area contributed by atoms with Gasteiger partial charge in [-0.15, -0.1) is 5.06 Å². The summed E-state index contributed by atoms with van der Waals surface area (Å²) >= 11 is 5.77. The van der Waals surface area contributed by atoms with E-state index in [9.17, 15) is 19.4 Å². The Labute approximate surface area is 177 Å². The van der Waals surface area contributed by atoms with E-state index in [0.717, 1.165) is 11.6 Å². The lowest BCUT2D eigenvalue weighted by molar-refractivity contribution is -0.113. The number of benzene rings is 1. The van der Waals surface area contributed by atoms with Crippen LogP contribution in [0.4, 0.5) is 15.1 Å². The Bertz CT molecular complexity index is 901. The van der Waals surface area contributed by atoms with Crippen LogP contribution in [0, 0.1) is 5.82 Å². The molecule has 1 aromatic heterocycles. The first-order chi connectivity index (χ1) is 14.4. The lowest BCUT2D eigenvalue weighted by Crippen LogP contribution is -2.39. The average molecular weight is 440 g/mol. The topological polar surface area (TPSA) is 120 Å². The summed E-state index contributed by atoms with van der Waals surface area (Å²) in [4.78, 5) is 26.3. The molecule has 1 amide bonds. The number of hydrogen-bond acceptors (Lipinski definition) is 8. The van der Waals surface area contributed by atoms with Crippen LogP contribution in [-0.2, 0) is 17.8 Å². The van der Waals surface area contributed by atoms with Crippen molar-refractivity contribution < 1.29 is 24.2 Å². The standard InChI is InChI=1S/C19H23ClFN5O4/c1-11(28)7-22-18-23-8-13-4-5-26(9-16(13)24-18)30-19(29)25-17(10-27)12-2-3-15(21)14(20)6-12/h2-3,6,8,11,17,27-28H,4-5,7,9-10H2,1H3,(H,25,29)(H,22,23,24)/t11-,17+/m0/s1. The second-order valence-electron chi connectivity index (χ2n) is 6.94. The molecule has 3 rings (SSSR count). The summed E-state index contributed by atoms with van der Waals surface area (Å²) in [7, 11) is 0. The lowest BCUT2D eigenvalue weighted by atomic mass is 10.1. The summed E-state index contributed by atoms with van der Waals surface area (Å²) in [6, 6.07) is 3.13. The van der Waals surface area contributed by atoms with Crippen LogP contribution >= 0.6 is 11.6 Å². The van der Waals surface area contributed by atoms with E-state index in [-0.39, 0.29) is 11.6 Å². The van der Waals surface area contributed by atoms with Gasteiger partial charge in [0.1, 0.15) is 5.82 Å². The first-order valence-corrected chi connectivity index (χ1v) is 9.79. The minimum atomic E-state index is -0.800. The van der Waals surface area contributed by atoms with Crippen molar-refractivity contribution in [3.63, 3.8) is 0 Å². The van der Waals surface area contributed by atoms with Crippen molar-refractivity contribution in [2.24, 2.45) is 0 Å². The molecule has 9 nitrogen and oxygen atoms in total. The number of amides is 1. The van der Waals surface area contributed by atoms with Crippen molar-refractivity contribution in [2.75, 3.05) is 25.0 Å². The van der Waals surface area contributed by atoms with E-state index in [1.807, 2.05) is 0 Å². The molecule has 0 fully saturated rings. The zero-order valence-corrected chi connectivity index (χ0v) is 17.1. The highest BCUT2D eigenvalue weighted by molar-refractivity contribution is 6.30.